The van der Waals surface area contributed by atoms with Crippen molar-refractivity contribution >= 4 is 34.0 Å². The molecule has 1 N–H and O–H groups in total. The van der Waals surface area contributed by atoms with E-state index in [9.17, 15) is 9.59 Å². The van der Waals surface area contributed by atoms with Crippen LogP contribution in [0.2, 0.25) is 0 Å². The number of aromatic amines is 1. The number of hydrogen-bond donors (Lipinski definition) is 1. The molecule has 4 aromatic rings. The second kappa shape index (κ2) is 7.07. The summed E-state index contributed by atoms with van der Waals surface area (Å²) in [6.45, 7) is 2.58. The number of hydrogen-bond acceptors (Lipinski definition) is 6. The van der Waals surface area contributed by atoms with Crippen LogP contribution in [-0.4, -0.2) is 24.1 Å². The van der Waals surface area contributed by atoms with Gasteiger partial charge in [0.05, 0.1) is 5.75 Å². The molecule has 0 fully saturated rings. The van der Waals surface area contributed by atoms with Crippen LogP contribution < -0.4 is 11.2 Å². The molecule has 0 bridgehead atoms. The molecule has 0 radical (unpaired) electrons. The number of fused-ring (bicyclic) bond motifs is 2. The van der Waals surface area contributed by atoms with E-state index in [0.29, 0.717) is 34.5 Å². The van der Waals surface area contributed by atoms with Crippen molar-refractivity contribution in [1.82, 2.24) is 24.1 Å². The summed E-state index contributed by atoms with van der Waals surface area (Å²) in [5.41, 5.74) is 1.52. The van der Waals surface area contributed by atoms with Crippen molar-refractivity contribution in [3.63, 3.8) is 0 Å². The molecule has 8 nitrogen and oxygen atoms in total. The maximum atomic E-state index is 12.3. The lowest BCUT2D eigenvalue weighted by molar-refractivity contribution is 0.489. The van der Waals surface area contributed by atoms with Crippen LogP contribution in [0.4, 0.5) is 0 Å². The van der Waals surface area contributed by atoms with Crippen LogP contribution in [0.25, 0.3) is 22.3 Å². The lowest BCUT2D eigenvalue weighted by Gasteiger charge is -2.04. The molecule has 0 spiro atoms. The molecule has 0 saturated carbocycles. The highest BCUT2D eigenvalue weighted by molar-refractivity contribution is 7.98. The summed E-state index contributed by atoms with van der Waals surface area (Å²) in [6.07, 6.45) is 1.78. The van der Waals surface area contributed by atoms with Crippen molar-refractivity contribution < 1.29 is 4.42 Å². The van der Waals surface area contributed by atoms with Crippen LogP contribution in [0.15, 0.2) is 43.5 Å². The van der Waals surface area contributed by atoms with Crippen molar-refractivity contribution in [2.24, 2.45) is 7.05 Å². The minimum Gasteiger partial charge on any atom is -0.431 e. The van der Waals surface area contributed by atoms with Gasteiger partial charge in [-0.25, -0.2) is 14.8 Å². The van der Waals surface area contributed by atoms with Gasteiger partial charge in [-0.15, -0.1) is 0 Å². The Morgan fingerprint density at radius 3 is 2.81 bits per heavy atom. The van der Waals surface area contributed by atoms with Crippen LogP contribution in [-0.2, 0) is 19.3 Å². The quantitative estimate of drug-likeness (QED) is 0.512. The maximum Gasteiger partial charge on any atom is 0.330 e. The molecular formula is C18H19N5O3S. The number of nitrogens with one attached hydrogen (secondary N) is 1. The smallest absolute Gasteiger partial charge is 0.330 e. The van der Waals surface area contributed by atoms with Gasteiger partial charge in [0.1, 0.15) is 11.3 Å². The number of unbranched alkanes of at least 4 members (excludes halogenated alkanes) is 1. The Balaban J connectivity index is 1.69. The zero-order valence-electron chi connectivity index (χ0n) is 15.1. The zero-order valence-corrected chi connectivity index (χ0v) is 15.9. The Labute approximate surface area is 158 Å². The number of imidazole rings is 1. The fourth-order valence-electron chi connectivity index (χ4n) is 2.98. The SMILES string of the molecule is CCCCn1c(=O)[nH]c(=O)c2c1nc(CSc1nc3ccccc3o1)n2C. The summed E-state index contributed by atoms with van der Waals surface area (Å²) in [4.78, 5) is 35.9. The Kier molecular flexibility index (Phi) is 4.61. The van der Waals surface area contributed by atoms with E-state index in [1.807, 2.05) is 24.3 Å². The van der Waals surface area contributed by atoms with Crippen LogP contribution >= 0.6 is 11.8 Å². The molecule has 3 heterocycles. The van der Waals surface area contributed by atoms with Gasteiger partial charge in [0.2, 0.25) is 0 Å². The van der Waals surface area contributed by atoms with Crippen LogP contribution in [0.1, 0.15) is 25.6 Å². The molecule has 0 saturated heterocycles. The fourth-order valence-corrected chi connectivity index (χ4v) is 3.81. The first-order chi connectivity index (χ1) is 13.1. The molecule has 0 aliphatic rings. The van der Waals surface area contributed by atoms with E-state index in [1.165, 1.54) is 16.3 Å². The summed E-state index contributed by atoms with van der Waals surface area (Å²) in [7, 11) is 1.78. The molecule has 0 aliphatic heterocycles. The summed E-state index contributed by atoms with van der Waals surface area (Å²) in [5.74, 6) is 1.15. The van der Waals surface area contributed by atoms with Crippen LogP contribution in [0.5, 0.6) is 0 Å². The monoisotopic (exact) mass is 385 g/mol. The molecule has 0 atom stereocenters. The largest absolute Gasteiger partial charge is 0.431 e. The second-order valence-electron chi connectivity index (χ2n) is 6.26. The van der Waals surface area contributed by atoms with Crippen molar-refractivity contribution in [2.45, 2.75) is 37.3 Å². The molecule has 0 aliphatic carbocycles. The highest BCUT2D eigenvalue weighted by Gasteiger charge is 2.17. The predicted octanol–water partition coefficient (Wildman–Crippen LogP) is 2.66. The fraction of sp³-hybridized carbons (Fsp3) is 0.333. The van der Waals surface area contributed by atoms with Gasteiger partial charge in [0.15, 0.2) is 16.7 Å². The van der Waals surface area contributed by atoms with Gasteiger partial charge in [-0.1, -0.05) is 37.2 Å². The van der Waals surface area contributed by atoms with Gasteiger partial charge in [0, 0.05) is 13.6 Å². The van der Waals surface area contributed by atoms with Gasteiger partial charge in [-0.2, -0.15) is 0 Å². The average molecular weight is 385 g/mol. The number of nitrogens with zero attached hydrogens (tertiary/aromatic N) is 4. The number of rotatable bonds is 6. The van der Waals surface area contributed by atoms with E-state index in [2.05, 4.69) is 21.9 Å². The van der Waals surface area contributed by atoms with Gasteiger partial charge < -0.3 is 8.98 Å². The first kappa shape index (κ1) is 17.6. The Hall–Kier alpha value is -2.81. The highest BCUT2D eigenvalue weighted by atomic mass is 32.2. The first-order valence-electron chi connectivity index (χ1n) is 8.75. The summed E-state index contributed by atoms with van der Waals surface area (Å²) >= 11 is 1.40. The average Bonchev–Trinajstić information content (AvgIpc) is 3.20. The van der Waals surface area contributed by atoms with E-state index in [-0.39, 0.29) is 0 Å². The number of para-hydroxylation sites is 2. The van der Waals surface area contributed by atoms with Crippen molar-refractivity contribution in [3.8, 4) is 0 Å². The minimum atomic E-state index is -0.420. The number of aryl methyl sites for hydroxylation is 2. The Bertz CT molecular complexity index is 1200. The highest BCUT2D eigenvalue weighted by Crippen LogP contribution is 2.26. The summed E-state index contributed by atoms with van der Waals surface area (Å²) < 4.78 is 8.98. The van der Waals surface area contributed by atoms with Gasteiger partial charge >= 0.3 is 5.69 Å². The number of aromatic nitrogens is 5. The number of oxazole rings is 1. The van der Waals surface area contributed by atoms with Crippen molar-refractivity contribution in [1.29, 1.82) is 0 Å². The van der Waals surface area contributed by atoms with E-state index in [1.54, 1.807) is 11.6 Å². The molecule has 27 heavy (non-hydrogen) atoms. The summed E-state index contributed by atoms with van der Waals surface area (Å²) in [6, 6.07) is 7.57. The molecule has 9 heteroatoms. The van der Waals surface area contributed by atoms with Crippen molar-refractivity contribution in [3.05, 3.63) is 50.9 Å². The van der Waals surface area contributed by atoms with Gasteiger partial charge in [-0.3, -0.25) is 14.3 Å². The summed E-state index contributed by atoms with van der Waals surface area (Å²) in [5, 5.41) is 0.542. The third-order valence-corrected chi connectivity index (χ3v) is 5.26. The normalized spacial score (nSPS) is 11.6. The lowest BCUT2D eigenvalue weighted by atomic mass is 10.3. The molecule has 0 amide bonds. The number of H-pyrrole nitrogens is 1. The Morgan fingerprint density at radius 1 is 1.22 bits per heavy atom. The molecule has 140 valence electrons. The topological polar surface area (TPSA) is 98.7 Å². The van der Waals surface area contributed by atoms with E-state index >= 15 is 0 Å². The Morgan fingerprint density at radius 2 is 2.04 bits per heavy atom. The molecule has 3 aromatic heterocycles. The second-order valence-corrected chi connectivity index (χ2v) is 7.19. The van der Waals surface area contributed by atoms with Crippen LogP contribution in [0, 0.1) is 0 Å². The number of thioether (sulfide) groups is 1. The van der Waals surface area contributed by atoms with E-state index in [0.717, 1.165) is 23.9 Å². The lowest BCUT2D eigenvalue weighted by Crippen LogP contribution is -2.31. The first-order valence-corrected chi connectivity index (χ1v) is 9.74. The number of benzene rings is 1. The maximum absolute atomic E-state index is 12.3. The minimum absolute atomic E-state index is 0.402. The molecule has 1 aromatic carbocycles. The molecule has 4 rings (SSSR count). The molecular weight excluding hydrogens is 366 g/mol. The predicted molar refractivity (Wildman–Crippen MR) is 104 cm³/mol. The third-order valence-electron chi connectivity index (χ3n) is 4.44. The third kappa shape index (κ3) is 3.18. The van der Waals surface area contributed by atoms with E-state index < -0.39 is 11.2 Å². The molecule has 0 unspecified atom stereocenters. The van der Waals surface area contributed by atoms with Crippen LogP contribution in [0.3, 0.4) is 0 Å². The zero-order chi connectivity index (χ0) is 19.0. The van der Waals surface area contributed by atoms with Gasteiger partial charge in [-0.05, 0) is 18.6 Å². The van der Waals surface area contributed by atoms with E-state index in [4.69, 9.17) is 4.42 Å². The standard InChI is InChI=1S/C18H19N5O3S/c1-3-4-9-23-15-14(16(24)21-17(23)25)22(2)13(20-15)10-27-18-19-11-7-5-6-8-12(11)26-18/h5-8H,3-4,9-10H2,1-2H3,(H,21,24,25). The van der Waals surface area contributed by atoms with Crippen molar-refractivity contribution in [2.75, 3.05) is 0 Å². The van der Waals surface area contributed by atoms with Gasteiger partial charge in [0.25, 0.3) is 10.8 Å².